The summed E-state index contributed by atoms with van der Waals surface area (Å²) in [6, 6.07) is -0.0509. The summed E-state index contributed by atoms with van der Waals surface area (Å²) in [5.41, 5.74) is -17.2. The van der Waals surface area contributed by atoms with Gasteiger partial charge < -0.3 is 18.9 Å². The molecule has 0 aliphatic carbocycles. The van der Waals surface area contributed by atoms with Gasteiger partial charge in [-0.2, -0.15) is 52.7 Å². The molecule has 1 aromatic rings. The molecule has 0 unspecified atom stereocenters. The van der Waals surface area contributed by atoms with Gasteiger partial charge in [0.25, 0.3) is 11.2 Å². The van der Waals surface area contributed by atoms with Crippen LogP contribution in [0.5, 0.6) is 0 Å². The number of hydrogen-bond acceptors (Lipinski definition) is 4. The second-order valence-electron chi connectivity index (χ2n) is 10.1. The minimum absolute atomic E-state index is 0.0999. The SMILES string of the molecule is CC1(COC(c2cccc(C(OCC3(C)COC3)(C(F)(F)F)C(F)(F)F)c2)(C(F)(F)F)C(F)(F)F)COC1. The Bertz CT molecular complexity index is 885. The summed E-state index contributed by atoms with van der Waals surface area (Å²) in [5, 5.41) is 0. The second kappa shape index (κ2) is 9.41. The molecule has 3 rings (SSSR count). The highest BCUT2D eigenvalue weighted by Crippen LogP contribution is 2.57. The summed E-state index contributed by atoms with van der Waals surface area (Å²) in [4.78, 5) is 0. The molecular formula is C22H22F12O4. The number of alkyl halides is 12. The fourth-order valence-corrected chi connectivity index (χ4v) is 4.06. The molecule has 2 saturated heterocycles. The Morgan fingerprint density at radius 2 is 0.895 bits per heavy atom. The lowest BCUT2D eigenvalue weighted by Crippen LogP contribution is -2.59. The van der Waals surface area contributed by atoms with Crippen molar-refractivity contribution in [3.63, 3.8) is 0 Å². The van der Waals surface area contributed by atoms with Crippen LogP contribution in [0.15, 0.2) is 24.3 Å². The Morgan fingerprint density at radius 3 is 1.11 bits per heavy atom. The van der Waals surface area contributed by atoms with Crippen molar-refractivity contribution in [3.8, 4) is 0 Å². The first-order valence-corrected chi connectivity index (χ1v) is 10.9. The highest BCUT2D eigenvalue weighted by Gasteiger charge is 2.76. The van der Waals surface area contributed by atoms with Crippen molar-refractivity contribution in [3.05, 3.63) is 35.4 Å². The summed E-state index contributed by atoms with van der Waals surface area (Å²) in [5.74, 6) is 0. The zero-order valence-electron chi connectivity index (χ0n) is 19.7. The van der Waals surface area contributed by atoms with E-state index in [0.717, 1.165) is 0 Å². The molecule has 0 N–H and O–H groups in total. The van der Waals surface area contributed by atoms with Crippen LogP contribution >= 0.6 is 0 Å². The predicted molar refractivity (Wildman–Crippen MR) is 104 cm³/mol. The van der Waals surface area contributed by atoms with Crippen molar-refractivity contribution in [1.29, 1.82) is 0 Å². The van der Waals surface area contributed by atoms with E-state index < -0.39 is 77.1 Å². The Kier molecular flexibility index (Phi) is 7.61. The van der Waals surface area contributed by atoms with Crippen molar-refractivity contribution in [2.45, 2.75) is 49.8 Å². The molecule has 4 nitrogen and oxygen atoms in total. The zero-order valence-corrected chi connectivity index (χ0v) is 19.7. The molecule has 0 spiro atoms. The summed E-state index contributed by atoms with van der Waals surface area (Å²) in [6.45, 7) is -1.06. The van der Waals surface area contributed by atoms with Crippen LogP contribution in [0.2, 0.25) is 0 Å². The smallest absolute Gasteiger partial charge is 0.380 e. The van der Waals surface area contributed by atoms with E-state index in [-0.39, 0.29) is 44.6 Å². The zero-order chi connectivity index (χ0) is 29.1. The normalized spacial score (nSPS) is 20.6. The second-order valence-corrected chi connectivity index (χ2v) is 10.1. The van der Waals surface area contributed by atoms with Gasteiger partial charge in [-0.05, 0) is 6.07 Å². The number of halogens is 12. The Balaban J connectivity index is 2.22. The third-order valence-corrected chi connectivity index (χ3v) is 6.35. The van der Waals surface area contributed by atoms with Gasteiger partial charge >= 0.3 is 24.7 Å². The Hall–Kier alpha value is -1.78. The van der Waals surface area contributed by atoms with Crippen LogP contribution in [0.1, 0.15) is 25.0 Å². The molecule has 0 atom stereocenters. The Morgan fingerprint density at radius 1 is 0.605 bits per heavy atom. The van der Waals surface area contributed by atoms with Gasteiger partial charge in [0.2, 0.25) is 0 Å². The lowest BCUT2D eigenvalue weighted by atomic mass is 9.83. The van der Waals surface area contributed by atoms with Crippen LogP contribution < -0.4 is 0 Å². The first kappa shape index (κ1) is 30.8. The maximum atomic E-state index is 14.1. The van der Waals surface area contributed by atoms with Gasteiger partial charge in [0.05, 0.1) is 39.6 Å². The van der Waals surface area contributed by atoms with Crippen LogP contribution in [0.25, 0.3) is 0 Å². The molecule has 38 heavy (non-hydrogen) atoms. The quantitative estimate of drug-likeness (QED) is 0.333. The summed E-state index contributed by atoms with van der Waals surface area (Å²) in [6.07, 6.45) is -25.4. The molecule has 2 aliphatic heterocycles. The maximum absolute atomic E-state index is 14.1. The van der Waals surface area contributed by atoms with E-state index in [1.807, 2.05) is 0 Å². The van der Waals surface area contributed by atoms with Gasteiger partial charge in [-0.1, -0.05) is 32.0 Å². The highest BCUT2D eigenvalue weighted by molar-refractivity contribution is 5.37. The third-order valence-electron chi connectivity index (χ3n) is 6.35. The van der Waals surface area contributed by atoms with Gasteiger partial charge in [-0.25, -0.2) is 0 Å². The molecular weight excluding hydrogens is 556 g/mol. The average Bonchev–Trinajstić information content (AvgIpc) is 2.68. The van der Waals surface area contributed by atoms with Crippen LogP contribution in [0.4, 0.5) is 52.7 Å². The fraction of sp³-hybridized carbons (Fsp3) is 0.727. The summed E-state index contributed by atoms with van der Waals surface area (Å²) >= 11 is 0. The number of ether oxygens (including phenoxy) is 4. The molecule has 218 valence electrons. The van der Waals surface area contributed by atoms with Crippen LogP contribution in [-0.2, 0) is 30.1 Å². The molecule has 0 aromatic heterocycles. The molecule has 0 radical (unpaired) electrons. The summed E-state index contributed by atoms with van der Waals surface area (Å²) < 4.78 is 188. The van der Waals surface area contributed by atoms with Crippen molar-refractivity contribution in [2.24, 2.45) is 10.8 Å². The van der Waals surface area contributed by atoms with E-state index in [4.69, 9.17) is 9.47 Å². The summed E-state index contributed by atoms with van der Waals surface area (Å²) in [7, 11) is 0. The van der Waals surface area contributed by atoms with Crippen molar-refractivity contribution >= 4 is 0 Å². The largest absolute Gasteiger partial charge is 0.430 e. The minimum Gasteiger partial charge on any atom is -0.380 e. The molecule has 1 aromatic carbocycles. The lowest BCUT2D eigenvalue weighted by molar-refractivity contribution is -0.398. The van der Waals surface area contributed by atoms with E-state index in [1.165, 1.54) is 13.8 Å². The van der Waals surface area contributed by atoms with Gasteiger partial charge in [-0.3, -0.25) is 0 Å². The van der Waals surface area contributed by atoms with Crippen molar-refractivity contribution in [2.75, 3.05) is 39.6 Å². The van der Waals surface area contributed by atoms with E-state index >= 15 is 0 Å². The predicted octanol–water partition coefficient (Wildman–Crippen LogP) is 6.43. The van der Waals surface area contributed by atoms with Crippen LogP contribution in [0.3, 0.4) is 0 Å². The standard InChI is InChI=1S/C22H22F12O4/c1-15(7-35-8-15)11-37-17(19(23,24)25,20(26,27)28)13-4-3-5-14(6-13)18(21(29,30)31,22(32,33)34)38-12-16(2)9-36-10-16/h3-6H,7-12H2,1-2H3. The van der Waals surface area contributed by atoms with Crippen LogP contribution in [-0.4, -0.2) is 64.3 Å². The van der Waals surface area contributed by atoms with E-state index in [1.54, 1.807) is 0 Å². The molecule has 0 saturated carbocycles. The maximum Gasteiger partial charge on any atom is 0.430 e. The van der Waals surface area contributed by atoms with E-state index in [9.17, 15) is 52.7 Å². The first-order chi connectivity index (χ1) is 17.0. The molecule has 0 amide bonds. The van der Waals surface area contributed by atoms with Crippen molar-refractivity contribution < 1.29 is 71.6 Å². The number of benzene rings is 1. The average molecular weight is 578 g/mol. The minimum atomic E-state index is -6.35. The van der Waals surface area contributed by atoms with Crippen LogP contribution in [0, 0.1) is 10.8 Å². The molecule has 2 fully saturated rings. The number of rotatable bonds is 8. The van der Waals surface area contributed by atoms with E-state index in [0.29, 0.717) is 0 Å². The van der Waals surface area contributed by atoms with E-state index in [2.05, 4.69) is 9.47 Å². The fourth-order valence-electron chi connectivity index (χ4n) is 4.06. The molecule has 2 heterocycles. The third kappa shape index (κ3) is 5.08. The van der Waals surface area contributed by atoms with Gasteiger partial charge in [-0.15, -0.1) is 0 Å². The molecule has 16 heteroatoms. The highest BCUT2D eigenvalue weighted by atomic mass is 19.4. The Labute approximate surface area is 208 Å². The monoisotopic (exact) mass is 578 g/mol. The molecule has 2 aliphatic rings. The van der Waals surface area contributed by atoms with Gasteiger partial charge in [0.15, 0.2) is 0 Å². The van der Waals surface area contributed by atoms with Gasteiger partial charge in [0.1, 0.15) is 0 Å². The van der Waals surface area contributed by atoms with Gasteiger partial charge in [0, 0.05) is 22.0 Å². The topological polar surface area (TPSA) is 36.9 Å². The molecule has 0 bridgehead atoms. The lowest BCUT2D eigenvalue weighted by Gasteiger charge is -2.44. The first-order valence-electron chi connectivity index (χ1n) is 10.9. The number of hydrogen-bond donors (Lipinski definition) is 0. The van der Waals surface area contributed by atoms with Crippen molar-refractivity contribution in [1.82, 2.24) is 0 Å².